The van der Waals surface area contributed by atoms with Gasteiger partial charge in [-0.2, -0.15) is 0 Å². The monoisotopic (exact) mass is 394 g/mol. The van der Waals surface area contributed by atoms with E-state index in [0.717, 1.165) is 0 Å². The summed E-state index contributed by atoms with van der Waals surface area (Å²) in [6.45, 7) is 0.711. The number of ether oxygens (including phenoxy) is 3. The third-order valence-electron chi connectivity index (χ3n) is 3.65. The number of methoxy groups -OCH3 is 2. The SMILES string of the molecule is COCCNc1ccc(C(=O)OCc2cc(Cl)ccc2OC)cc1[N+](=O)[O-]. The minimum absolute atomic E-state index is 0.0694. The summed E-state index contributed by atoms with van der Waals surface area (Å²) in [5, 5.41) is 14.6. The Morgan fingerprint density at radius 3 is 2.67 bits per heavy atom. The molecule has 144 valence electrons. The van der Waals surface area contributed by atoms with Crippen LogP contribution >= 0.6 is 11.6 Å². The van der Waals surface area contributed by atoms with E-state index in [0.29, 0.717) is 35.2 Å². The van der Waals surface area contributed by atoms with Crippen LogP contribution < -0.4 is 10.1 Å². The number of hydrogen-bond acceptors (Lipinski definition) is 7. The molecule has 1 N–H and O–H groups in total. The Labute approximate surface area is 161 Å². The molecule has 27 heavy (non-hydrogen) atoms. The Kier molecular flexibility index (Phi) is 7.39. The van der Waals surface area contributed by atoms with Gasteiger partial charge in [-0.15, -0.1) is 0 Å². The highest BCUT2D eigenvalue weighted by molar-refractivity contribution is 6.30. The Bertz CT molecular complexity index is 827. The molecule has 2 aromatic carbocycles. The van der Waals surface area contributed by atoms with Crippen LogP contribution in [0.1, 0.15) is 15.9 Å². The molecule has 0 bridgehead atoms. The lowest BCUT2D eigenvalue weighted by atomic mass is 10.1. The molecule has 0 saturated carbocycles. The van der Waals surface area contributed by atoms with E-state index in [1.54, 1.807) is 18.2 Å². The second-order valence-electron chi connectivity index (χ2n) is 5.44. The van der Waals surface area contributed by atoms with Gasteiger partial charge in [-0.3, -0.25) is 10.1 Å². The van der Waals surface area contributed by atoms with Crippen molar-refractivity contribution in [3.63, 3.8) is 0 Å². The van der Waals surface area contributed by atoms with Gasteiger partial charge in [0.15, 0.2) is 0 Å². The zero-order valence-electron chi connectivity index (χ0n) is 14.9. The standard InChI is InChI=1S/C18H19ClN2O6/c1-25-8-7-20-15-5-3-12(10-16(15)21(23)24)18(22)27-11-13-9-14(19)4-6-17(13)26-2/h3-6,9-10,20H,7-8,11H2,1-2H3. The average molecular weight is 395 g/mol. The lowest BCUT2D eigenvalue weighted by Crippen LogP contribution is -2.11. The van der Waals surface area contributed by atoms with E-state index < -0.39 is 10.9 Å². The molecule has 2 aromatic rings. The lowest BCUT2D eigenvalue weighted by molar-refractivity contribution is -0.384. The molecule has 8 nitrogen and oxygen atoms in total. The summed E-state index contributed by atoms with van der Waals surface area (Å²) in [6, 6.07) is 9.04. The van der Waals surface area contributed by atoms with E-state index in [-0.39, 0.29) is 17.9 Å². The summed E-state index contributed by atoms with van der Waals surface area (Å²) >= 11 is 5.94. The molecule has 2 rings (SSSR count). The van der Waals surface area contributed by atoms with Gasteiger partial charge in [0.1, 0.15) is 18.0 Å². The van der Waals surface area contributed by atoms with Gasteiger partial charge in [0.2, 0.25) is 0 Å². The van der Waals surface area contributed by atoms with Crippen molar-refractivity contribution in [3.8, 4) is 5.75 Å². The maximum atomic E-state index is 12.3. The average Bonchev–Trinajstić information content (AvgIpc) is 2.66. The number of rotatable bonds is 9. The molecule has 0 radical (unpaired) electrons. The predicted octanol–water partition coefficient (Wildman–Crippen LogP) is 3.67. The highest BCUT2D eigenvalue weighted by Gasteiger charge is 2.18. The molecule has 0 aliphatic carbocycles. The maximum Gasteiger partial charge on any atom is 0.338 e. The molecule has 0 heterocycles. The molecular formula is C18H19ClN2O6. The van der Waals surface area contributed by atoms with Crippen LogP contribution in [0.3, 0.4) is 0 Å². The molecule has 0 spiro atoms. The summed E-state index contributed by atoms with van der Waals surface area (Å²) < 4.78 is 15.3. The van der Waals surface area contributed by atoms with Crippen molar-refractivity contribution < 1.29 is 23.9 Å². The van der Waals surface area contributed by atoms with E-state index in [1.807, 2.05) is 0 Å². The summed E-state index contributed by atoms with van der Waals surface area (Å²) in [5.41, 5.74) is 0.733. The number of hydrogen-bond donors (Lipinski definition) is 1. The molecule has 0 atom stereocenters. The summed E-state index contributed by atoms with van der Waals surface area (Å²) in [5.74, 6) is -0.167. The number of esters is 1. The summed E-state index contributed by atoms with van der Waals surface area (Å²) in [4.78, 5) is 23.0. The molecule has 0 saturated heterocycles. The number of nitrogens with zero attached hydrogens (tertiary/aromatic N) is 1. The van der Waals surface area contributed by atoms with E-state index in [9.17, 15) is 14.9 Å². The topological polar surface area (TPSA) is 99.9 Å². The number of nitrogens with one attached hydrogen (secondary N) is 1. The van der Waals surface area contributed by atoms with Gasteiger partial charge in [0.25, 0.3) is 5.69 Å². The van der Waals surface area contributed by atoms with Crippen LogP contribution in [0.15, 0.2) is 36.4 Å². The first-order chi connectivity index (χ1) is 13.0. The van der Waals surface area contributed by atoms with Crippen molar-refractivity contribution in [3.05, 3.63) is 62.7 Å². The zero-order valence-corrected chi connectivity index (χ0v) is 15.6. The fraction of sp³-hybridized carbons (Fsp3) is 0.278. The molecule has 0 unspecified atom stereocenters. The van der Waals surface area contributed by atoms with Crippen molar-refractivity contribution in [2.45, 2.75) is 6.61 Å². The van der Waals surface area contributed by atoms with Gasteiger partial charge in [-0.05, 0) is 30.3 Å². The van der Waals surface area contributed by atoms with Crippen LogP contribution in [-0.4, -0.2) is 38.3 Å². The quantitative estimate of drug-likeness (QED) is 0.299. The van der Waals surface area contributed by atoms with Crippen molar-refractivity contribution in [2.24, 2.45) is 0 Å². The van der Waals surface area contributed by atoms with E-state index in [4.69, 9.17) is 25.8 Å². The number of carbonyl (C=O) groups is 1. The third kappa shape index (κ3) is 5.57. The van der Waals surface area contributed by atoms with E-state index in [2.05, 4.69) is 5.32 Å². The zero-order chi connectivity index (χ0) is 19.8. The lowest BCUT2D eigenvalue weighted by Gasteiger charge is -2.11. The first kappa shape index (κ1) is 20.5. The minimum Gasteiger partial charge on any atom is -0.496 e. The fourth-order valence-corrected chi connectivity index (χ4v) is 2.53. The molecule has 9 heteroatoms. The van der Waals surface area contributed by atoms with Gasteiger partial charge in [-0.25, -0.2) is 4.79 Å². The van der Waals surface area contributed by atoms with Gasteiger partial charge in [0.05, 0.1) is 24.2 Å². The van der Waals surface area contributed by atoms with Crippen LogP contribution in [0.2, 0.25) is 5.02 Å². The fourth-order valence-electron chi connectivity index (χ4n) is 2.33. The van der Waals surface area contributed by atoms with Gasteiger partial charge >= 0.3 is 5.97 Å². The second-order valence-corrected chi connectivity index (χ2v) is 5.88. The first-order valence-electron chi connectivity index (χ1n) is 7.97. The first-order valence-corrected chi connectivity index (χ1v) is 8.35. The normalized spacial score (nSPS) is 10.3. The van der Waals surface area contributed by atoms with Gasteiger partial charge in [0, 0.05) is 30.3 Å². The highest BCUT2D eigenvalue weighted by atomic mass is 35.5. The van der Waals surface area contributed by atoms with Crippen LogP contribution in [0.4, 0.5) is 11.4 Å². The van der Waals surface area contributed by atoms with Crippen LogP contribution in [0.5, 0.6) is 5.75 Å². The highest BCUT2D eigenvalue weighted by Crippen LogP contribution is 2.27. The molecule has 0 aromatic heterocycles. The number of carbonyl (C=O) groups excluding carboxylic acids is 1. The predicted molar refractivity (Wildman–Crippen MR) is 101 cm³/mol. The Morgan fingerprint density at radius 1 is 1.22 bits per heavy atom. The molecular weight excluding hydrogens is 376 g/mol. The van der Waals surface area contributed by atoms with Crippen molar-refractivity contribution in [2.75, 3.05) is 32.7 Å². The second kappa shape index (κ2) is 9.75. The molecule has 0 amide bonds. The number of nitro benzene ring substituents is 1. The van der Waals surface area contributed by atoms with E-state index in [1.165, 1.54) is 32.4 Å². The van der Waals surface area contributed by atoms with Crippen molar-refractivity contribution >= 4 is 28.9 Å². The van der Waals surface area contributed by atoms with Crippen LogP contribution in [-0.2, 0) is 16.1 Å². The smallest absolute Gasteiger partial charge is 0.338 e. The summed E-state index contributed by atoms with van der Waals surface area (Å²) in [7, 11) is 3.03. The van der Waals surface area contributed by atoms with Crippen LogP contribution in [0, 0.1) is 10.1 Å². The Balaban J connectivity index is 2.13. The minimum atomic E-state index is -0.691. The molecule has 0 fully saturated rings. The van der Waals surface area contributed by atoms with E-state index >= 15 is 0 Å². The number of benzene rings is 2. The molecule has 0 aliphatic heterocycles. The van der Waals surface area contributed by atoms with Gasteiger partial charge < -0.3 is 19.5 Å². The number of halogens is 1. The summed E-state index contributed by atoms with van der Waals surface area (Å²) in [6.07, 6.45) is 0. The number of anilines is 1. The van der Waals surface area contributed by atoms with Crippen LogP contribution in [0.25, 0.3) is 0 Å². The maximum absolute atomic E-state index is 12.3. The van der Waals surface area contributed by atoms with Crippen molar-refractivity contribution in [1.82, 2.24) is 0 Å². The van der Waals surface area contributed by atoms with Gasteiger partial charge in [-0.1, -0.05) is 11.6 Å². The van der Waals surface area contributed by atoms with Crippen molar-refractivity contribution in [1.29, 1.82) is 0 Å². The third-order valence-corrected chi connectivity index (χ3v) is 3.89. The Hall–Kier alpha value is -2.84. The molecule has 0 aliphatic rings. The Morgan fingerprint density at radius 2 is 2.00 bits per heavy atom. The largest absolute Gasteiger partial charge is 0.496 e. The number of nitro groups is 1.